The average Bonchev–Trinajstić information content (AvgIpc) is 3.59. The van der Waals surface area contributed by atoms with Crippen molar-refractivity contribution in [2.75, 3.05) is 39.6 Å². The molecule has 0 saturated carbocycles. The van der Waals surface area contributed by atoms with Crippen molar-refractivity contribution in [2.45, 2.75) is 375 Å². The van der Waals surface area contributed by atoms with E-state index in [0.717, 1.165) is 114 Å². The Labute approximate surface area is 556 Å². The first-order chi connectivity index (χ1) is 43.7. The summed E-state index contributed by atoms with van der Waals surface area (Å²) in [7, 11) is -9.91. The van der Waals surface area contributed by atoms with Gasteiger partial charge in [0.25, 0.3) is 0 Å². The van der Waals surface area contributed by atoms with Crippen LogP contribution in [-0.2, 0) is 65.4 Å². The maximum absolute atomic E-state index is 13.0. The molecule has 0 amide bonds. The van der Waals surface area contributed by atoms with E-state index in [9.17, 15) is 43.2 Å². The fraction of sp³-hybridized carbons (Fsp3) is 0.944. The Balaban J connectivity index is 5.22. The quantitative estimate of drug-likeness (QED) is 0.0222. The van der Waals surface area contributed by atoms with E-state index in [1.807, 2.05) is 0 Å². The van der Waals surface area contributed by atoms with Crippen LogP contribution in [-0.4, -0.2) is 96.7 Å². The van der Waals surface area contributed by atoms with Crippen molar-refractivity contribution in [1.82, 2.24) is 0 Å². The number of phosphoric ester groups is 2. The molecule has 0 aromatic heterocycles. The Morgan fingerprint density at radius 3 is 0.780 bits per heavy atom. The molecule has 0 aliphatic carbocycles. The minimum absolute atomic E-state index is 0.103. The van der Waals surface area contributed by atoms with Crippen LogP contribution < -0.4 is 0 Å². The van der Waals surface area contributed by atoms with Gasteiger partial charge in [0.05, 0.1) is 26.4 Å². The van der Waals surface area contributed by atoms with Crippen molar-refractivity contribution in [3.63, 3.8) is 0 Å². The van der Waals surface area contributed by atoms with Gasteiger partial charge in [-0.15, -0.1) is 0 Å². The van der Waals surface area contributed by atoms with E-state index < -0.39 is 97.5 Å². The number of ether oxygens (including phenoxy) is 4. The van der Waals surface area contributed by atoms with Crippen molar-refractivity contribution >= 4 is 39.5 Å². The third-order valence-corrected chi connectivity index (χ3v) is 19.2. The molecule has 0 bridgehead atoms. The van der Waals surface area contributed by atoms with Gasteiger partial charge in [-0.3, -0.25) is 37.3 Å². The van der Waals surface area contributed by atoms with Gasteiger partial charge in [0.2, 0.25) is 0 Å². The van der Waals surface area contributed by atoms with Crippen LogP contribution in [0.2, 0.25) is 0 Å². The molecule has 17 nitrogen and oxygen atoms in total. The summed E-state index contributed by atoms with van der Waals surface area (Å²) in [4.78, 5) is 72.6. The highest BCUT2D eigenvalue weighted by atomic mass is 31.2. The zero-order valence-electron chi connectivity index (χ0n) is 59.5. The molecule has 0 rings (SSSR count). The Morgan fingerprint density at radius 1 is 0.308 bits per heavy atom. The third-order valence-electron chi connectivity index (χ3n) is 17.3. The van der Waals surface area contributed by atoms with E-state index in [0.29, 0.717) is 31.6 Å². The molecule has 91 heavy (non-hydrogen) atoms. The number of rotatable bonds is 69. The number of hydrogen-bond acceptors (Lipinski definition) is 15. The molecule has 19 heteroatoms. The lowest BCUT2D eigenvalue weighted by atomic mass is 9.99. The van der Waals surface area contributed by atoms with Crippen LogP contribution in [0, 0.1) is 23.7 Å². The predicted octanol–water partition coefficient (Wildman–Crippen LogP) is 20.5. The Kier molecular flexibility index (Phi) is 60.3. The van der Waals surface area contributed by atoms with Crippen molar-refractivity contribution in [1.29, 1.82) is 0 Å². The lowest BCUT2D eigenvalue weighted by Gasteiger charge is -2.21. The molecule has 4 unspecified atom stereocenters. The summed E-state index contributed by atoms with van der Waals surface area (Å²) >= 11 is 0. The lowest BCUT2D eigenvalue weighted by Crippen LogP contribution is -2.30. The highest BCUT2D eigenvalue weighted by Crippen LogP contribution is 2.45. The van der Waals surface area contributed by atoms with Crippen LogP contribution in [0.5, 0.6) is 0 Å². The number of aliphatic hydroxyl groups is 1. The second-order valence-electron chi connectivity index (χ2n) is 27.4. The maximum atomic E-state index is 13.0. The number of esters is 4. The minimum atomic E-state index is -4.95. The minimum Gasteiger partial charge on any atom is -0.462 e. The molecule has 0 fully saturated rings. The van der Waals surface area contributed by atoms with Crippen LogP contribution in [0.15, 0.2) is 0 Å². The van der Waals surface area contributed by atoms with Gasteiger partial charge in [0, 0.05) is 25.7 Å². The maximum Gasteiger partial charge on any atom is 0.472 e. The number of carbonyl (C=O) groups excluding carboxylic acids is 4. The summed E-state index contributed by atoms with van der Waals surface area (Å²) in [6.45, 7) is 14.1. The fourth-order valence-electron chi connectivity index (χ4n) is 10.8. The van der Waals surface area contributed by atoms with Crippen LogP contribution in [0.4, 0.5) is 0 Å². The zero-order chi connectivity index (χ0) is 67.5. The van der Waals surface area contributed by atoms with Gasteiger partial charge in [0.15, 0.2) is 12.2 Å². The molecule has 540 valence electrons. The van der Waals surface area contributed by atoms with Crippen molar-refractivity contribution in [3.05, 3.63) is 0 Å². The van der Waals surface area contributed by atoms with Crippen LogP contribution >= 0.6 is 15.6 Å². The Bertz CT molecular complexity index is 1800. The molecule has 0 saturated heterocycles. The molecular formula is C72H140O17P2. The van der Waals surface area contributed by atoms with Gasteiger partial charge in [0.1, 0.15) is 19.3 Å². The summed E-state index contributed by atoms with van der Waals surface area (Å²) < 4.78 is 68.3. The van der Waals surface area contributed by atoms with Crippen LogP contribution in [0.1, 0.15) is 357 Å². The summed E-state index contributed by atoms with van der Waals surface area (Å²) in [5.41, 5.74) is 0. The number of aliphatic hydroxyl groups excluding tert-OH is 1. The number of carbonyl (C=O) groups is 4. The first-order valence-corrected chi connectivity index (χ1v) is 40.3. The predicted molar refractivity (Wildman–Crippen MR) is 367 cm³/mol. The van der Waals surface area contributed by atoms with Gasteiger partial charge >= 0.3 is 39.5 Å². The van der Waals surface area contributed by atoms with Crippen molar-refractivity contribution < 1.29 is 80.2 Å². The molecule has 3 N–H and O–H groups in total. The standard InChI is InChI=1S/C72H140O17P2/c1-9-64(7)50-42-34-26-20-17-18-22-28-38-46-54-71(76)88-68(59-83-70(75)53-45-37-31-30-35-43-51-65(8)10-2)61-87-91(80,81)85-57-66(73)56-84-90(78,79)86-60-67(89-72(77)55-47-39-29-23-25-33-41-49-63(5)6)58-82-69(74)52-44-36-27-21-16-14-12-11-13-15-19-24-32-40-48-62(3)4/h62-68,73H,9-61H2,1-8H3,(H,78,79)(H,80,81)/t64?,65?,66-,67-,68-/m1/s1. The van der Waals surface area contributed by atoms with Gasteiger partial charge < -0.3 is 33.8 Å². The topological polar surface area (TPSA) is 237 Å². The second kappa shape index (κ2) is 61.6. The van der Waals surface area contributed by atoms with Crippen LogP contribution in [0.25, 0.3) is 0 Å². The Hall–Kier alpha value is -1.94. The first kappa shape index (κ1) is 89.1. The van der Waals surface area contributed by atoms with Crippen LogP contribution in [0.3, 0.4) is 0 Å². The molecule has 0 aromatic rings. The normalized spacial score (nSPS) is 14.8. The van der Waals surface area contributed by atoms with E-state index in [-0.39, 0.29) is 25.7 Å². The zero-order valence-corrected chi connectivity index (χ0v) is 61.3. The molecule has 0 aliphatic heterocycles. The van der Waals surface area contributed by atoms with Gasteiger partial charge in [-0.1, -0.05) is 306 Å². The number of phosphoric acid groups is 2. The largest absolute Gasteiger partial charge is 0.472 e. The molecule has 0 aliphatic rings. The van der Waals surface area contributed by atoms with Gasteiger partial charge in [-0.25, -0.2) is 9.13 Å². The van der Waals surface area contributed by atoms with E-state index in [2.05, 4.69) is 55.4 Å². The SMILES string of the molecule is CCC(C)CCCCCCCCCCCCC(=O)O[C@H](COC(=O)CCCCCCCCC(C)CC)COP(=O)(O)OC[C@H](O)COP(=O)(O)OC[C@@H](COC(=O)CCCCCCCCCCCCCCCCC(C)C)OC(=O)CCCCCCCCCC(C)C. The number of hydrogen-bond donors (Lipinski definition) is 3. The third kappa shape index (κ3) is 63.9. The van der Waals surface area contributed by atoms with Gasteiger partial charge in [-0.05, 0) is 49.4 Å². The molecule has 0 aromatic carbocycles. The molecular weight excluding hydrogens is 1200 g/mol. The van der Waals surface area contributed by atoms with E-state index >= 15 is 0 Å². The van der Waals surface area contributed by atoms with E-state index in [4.69, 9.17) is 37.0 Å². The summed E-state index contributed by atoms with van der Waals surface area (Å²) in [5, 5.41) is 10.6. The van der Waals surface area contributed by atoms with E-state index in [1.165, 1.54) is 154 Å². The average molecular weight is 1340 g/mol. The number of unbranched alkanes of at least 4 members (excludes halogenated alkanes) is 33. The lowest BCUT2D eigenvalue weighted by molar-refractivity contribution is -0.161. The van der Waals surface area contributed by atoms with Gasteiger partial charge in [-0.2, -0.15) is 0 Å². The fourth-order valence-corrected chi connectivity index (χ4v) is 12.4. The summed E-state index contributed by atoms with van der Waals surface area (Å²) in [5.74, 6) is 0.899. The summed E-state index contributed by atoms with van der Waals surface area (Å²) in [6, 6.07) is 0. The smallest absolute Gasteiger partial charge is 0.462 e. The summed E-state index contributed by atoms with van der Waals surface area (Å²) in [6.07, 6.45) is 44.5. The first-order valence-electron chi connectivity index (χ1n) is 37.3. The highest BCUT2D eigenvalue weighted by Gasteiger charge is 2.30. The van der Waals surface area contributed by atoms with Crippen molar-refractivity contribution in [3.8, 4) is 0 Å². The molecule has 0 spiro atoms. The van der Waals surface area contributed by atoms with Crippen molar-refractivity contribution in [2.24, 2.45) is 23.7 Å². The monoisotopic (exact) mass is 1340 g/mol. The molecule has 7 atom stereocenters. The molecule has 0 heterocycles. The second-order valence-corrected chi connectivity index (χ2v) is 30.3. The van der Waals surface area contributed by atoms with E-state index in [1.54, 1.807) is 0 Å². The highest BCUT2D eigenvalue weighted by molar-refractivity contribution is 7.47. The Morgan fingerprint density at radius 2 is 0.527 bits per heavy atom. The molecule has 0 radical (unpaired) electrons.